The molecule has 14 heavy (non-hydrogen) atoms. The van der Waals surface area contributed by atoms with Crippen molar-refractivity contribution >= 4 is 12.1 Å². The Labute approximate surface area is 78.4 Å². The molecule has 0 aliphatic rings. The number of hydrogen-bond acceptors (Lipinski definition) is 5. The molecule has 0 aliphatic carbocycles. The van der Waals surface area contributed by atoms with Gasteiger partial charge in [-0.2, -0.15) is 0 Å². The lowest BCUT2D eigenvalue weighted by atomic mass is 10.3. The first kappa shape index (κ1) is 9.67. The van der Waals surface area contributed by atoms with Gasteiger partial charge in [-0.05, 0) is 27.8 Å². The number of aldehydes is 1. The van der Waals surface area contributed by atoms with Crippen LogP contribution in [-0.2, 0) is 4.79 Å². The second kappa shape index (κ2) is 4.00. The highest BCUT2D eigenvalue weighted by molar-refractivity contribution is 5.73. The number of aromatic hydroxyl groups is 1. The number of carbonyl (C=O) groups is 1. The maximum absolute atomic E-state index is 10.3. The van der Waals surface area contributed by atoms with Crippen molar-refractivity contribution in [2.75, 3.05) is 0 Å². The Kier molecular flexibility index (Phi) is 2.76. The molecular formula is C8H4N2O4. The van der Waals surface area contributed by atoms with Gasteiger partial charge in [-0.15, -0.1) is 0 Å². The van der Waals surface area contributed by atoms with Crippen LogP contribution in [0.4, 0.5) is 5.82 Å². The van der Waals surface area contributed by atoms with Crippen molar-refractivity contribution < 1.29 is 14.8 Å². The maximum atomic E-state index is 10.3. The molecule has 0 spiro atoms. The summed E-state index contributed by atoms with van der Waals surface area (Å²) in [5, 5.41) is 19.3. The van der Waals surface area contributed by atoms with Gasteiger partial charge in [-0.25, -0.2) is 0 Å². The van der Waals surface area contributed by atoms with E-state index in [1.807, 2.05) is 0 Å². The summed E-state index contributed by atoms with van der Waals surface area (Å²) in [7, 11) is 0. The topological polar surface area (TPSA) is 93.3 Å². The maximum Gasteiger partial charge on any atom is 0.407 e. The van der Waals surface area contributed by atoms with Crippen LogP contribution in [0.15, 0.2) is 12.1 Å². The van der Waals surface area contributed by atoms with E-state index in [0.717, 1.165) is 6.07 Å². The number of hydrogen-bond donors (Lipinski definition) is 1. The Hall–Kier alpha value is -2.42. The van der Waals surface area contributed by atoms with E-state index in [4.69, 9.17) is 5.11 Å². The van der Waals surface area contributed by atoms with E-state index in [1.54, 1.807) is 0 Å². The van der Waals surface area contributed by atoms with Crippen LogP contribution in [0.25, 0.3) is 0 Å². The lowest BCUT2D eigenvalue weighted by Gasteiger charge is -1.93. The minimum Gasteiger partial charge on any atom is -0.501 e. The molecule has 0 radical (unpaired) electrons. The lowest BCUT2D eigenvalue weighted by molar-refractivity contribution is -0.390. The zero-order chi connectivity index (χ0) is 10.6. The zero-order valence-electron chi connectivity index (χ0n) is 6.80. The first-order chi connectivity index (χ1) is 6.65. The number of rotatable bonds is 1. The van der Waals surface area contributed by atoms with Crippen LogP contribution in [0.2, 0.25) is 0 Å². The normalized spacial score (nSPS) is 8.57. The van der Waals surface area contributed by atoms with E-state index >= 15 is 0 Å². The molecule has 0 aliphatic heterocycles. The molecule has 0 atom stereocenters. The minimum atomic E-state index is -0.832. The van der Waals surface area contributed by atoms with Gasteiger partial charge < -0.3 is 15.2 Å². The molecule has 6 heteroatoms. The van der Waals surface area contributed by atoms with Crippen molar-refractivity contribution in [1.29, 1.82) is 0 Å². The van der Waals surface area contributed by atoms with E-state index in [2.05, 4.69) is 16.8 Å². The Morgan fingerprint density at radius 3 is 2.86 bits per heavy atom. The Bertz CT molecular complexity index is 444. The van der Waals surface area contributed by atoms with Gasteiger partial charge in [0.25, 0.3) is 0 Å². The minimum absolute atomic E-state index is 0.0570. The summed E-state index contributed by atoms with van der Waals surface area (Å²) in [4.78, 5) is 22.8. The number of aromatic nitrogens is 1. The molecule has 1 aromatic rings. The number of carbonyl (C=O) groups excluding carboxylic acids is 1. The van der Waals surface area contributed by atoms with Crippen LogP contribution in [-0.4, -0.2) is 21.3 Å². The summed E-state index contributed by atoms with van der Waals surface area (Å²) in [6.07, 6.45) is 0.348. The first-order valence-electron chi connectivity index (χ1n) is 3.44. The Balaban J connectivity index is 3.19. The average molecular weight is 192 g/mol. The van der Waals surface area contributed by atoms with E-state index in [1.165, 1.54) is 6.07 Å². The monoisotopic (exact) mass is 192 g/mol. The average Bonchev–Trinajstić information content (AvgIpc) is 2.16. The molecule has 1 aromatic heterocycles. The summed E-state index contributed by atoms with van der Waals surface area (Å²) >= 11 is 0. The van der Waals surface area contributed by atoms with E-state index in [0.29, 0.717) is 6.29 Å². The molecular weight excluding hydrogens is 188 g/mol. The summed E-state index contributed by atoms with van der Waals surface area (Å²) in [5.41, 5.74) is 0.0570. The van der Waals surface area contributed by atoms with Crippen molar-refractivity contribution in [3.8, 4) is 17.6 Å². The fraction of sp³-hybridized carbons (Fsp3) is 0. The summed E-state index contributed by atoms with van der Waals surface area (Å²) in [6, 6.07) is 2.37. The van der Waals surface area contributed by atoms with Gasteiger partial charge in [0.1, 0.15) is 0 Å². The number of nitro groups is 1. The smallest absolute Gasteiger partial charge is 0.407 e. The quantitative estimate of drug-likeness (QED) is 0.298. The van der Waals surface area contributed by atoms with Crippen LogP contribution >= 0.6 is 0 Å². The summed E-state index contributed by atoms with van der Waals surface area (Å²) in [6.45, 7) is 0. The summed E-state index contributed by atoms with van der Waals surface area (Å²) in [5.74, 6) is 3.11. The SMILES string of the molecule is O=CC#Cc1ccc(O)c([N+](=O)[O-])n1. The summed E-state index contributed by atoms with van der Waals surface area (Å²) < 4.78 is 0. The van der Waals surface area contributed by atoms with Crippen LogP contribution < -0.4 is 0 Å². The third-order valence-corrected chi connectivity index (χ3v) is 1.29. The van der Waals surface area contributed by atoms with Crippen molar-refractivity contribution in [3.63, 3.8) is 0 Å². The molecule has 0 aromatic carbocycles. The van der Waals surface area contributed by atoms with E-state index < -0.39 is 16.5 Å². The molecule has 0 saturated carbocycles. The van der Waals surface area contributed by atoms with Gasteiger partial charge >= 0.3 is 5.82 Å². The standard InChI is InChI=1S/C8H4N2O4/c11-5-1-2-6-3-4-7(12)8(9-6)10(13)14/h3-5,12H. The van der Waals surface area contributed by atoms with Crippen molar-refractivity contribution in [2.24, 2.45) is 0 Å². The van der Waals surface area contributed by atoms with Crippen LogP contribution in [0, 0.1) is 22.0 Å². The fourth-order valence-corrected chi connectivity index (χ4v) is 0.748. The van der Waals surface area contributed by atoms with E-state index in [9.17, 15) is 14.9 Å². The molecule has 0 amide bonds. The molecule has 0 bridgehead atoms. The molecule has 0 unspecified atom stereocenters. The highest BCUT2D eigenvalue weighted by Crippen LogP contribution is 2.21. The molecule has 6 nitrogen and oxygen atoms in total. The third kappa shape index (κ3) is 2.04. The molecule has 0 saturated heterocycles. The highest BCUT2D eigenvalue weighted by Gasteiger charge is 2.15. The predicted octanol–water partition coefficient (Wildman–Crippen LogP) is 0.246. The second-order valence-electron chi connectivity index (χ2n) is 2.18. The van der Waals surface area contributed by atoms with Gasteiger partial charge in [0.05, 0.1) is 0 Å². The van der Waals surface area contributed by atoms with E-state index in [-0.39, 0.29) is 5.69 Å². The number of pyridine rings is 1. The molecule has 70 valence electrons. The molecule has 1 N–H and O–H groups in total. The van der Waals surface area contributed by atoms with Gasteiger partial charge in [0, 0.05) is 6.07 Å². The molecule has 1 heterocycles. The third-order valence-electron chi connectivity index (χ3n) is 1.29. The van der Waals surface area contributed by atoms with Crippen LogP contribution in [0.5, 0.6) is 5.75 Å². The first-order valence-corrected chi connectivity index (χ1v) is 3.44. The largest absolute Gasteiger partial charge is 0.501 e. The van der Waals surface area contributed by atoms with Crippen LogP contribution in [0.3, 0.4) is 0 Å². The predicted molar refractivity (Wildman–Crippen MR) is 45.5 cm³/mol. The zero-order valence-corrected chi connectivity index (χ0v) is 6.80. The van der Waals surface area contributed by atoms with Crippen LogP contribution in [0.1, 0.15) is 5.69 Å². The van der Waals surface area contributed by atoms with Gasteiger partial charge in [-0.1, -0.05) is 0 Å². The Morgan fingerprint density at radius 2 is 2.29 bits per heavy atom. The molecule has 1 rings (SSSR count). The highest BCUT2D eigenvalue weighted by atomic mass is 16.6. The van der Waals surface area contributed by atoms with Gasteiger partial charge in [0.15, 0.2) is 6.29 Å². The van der Waals surface area contributed by atoms with Crippen molar-refractivity contribution in [1.82, 2.24) is 4.98 Å². The van der Waals surface area contributed by atoms with Gasteiger partial charge in [0.2, 0.25) is 11.4 Å². The van der Waals surface area contributed by atoms with Gasteiger partial charge in [-0.3, -0.25) is 4.79 Å². The van der Waals surface area contributed by atoms with Crippen molar-refractivity contribution in [3.05, 3.63) is 27.9 Å². The Morgan fingerprint density at radius 1 is 1.57 bits per heavy atom. The van der Waals surface area contributed by atoms with Crippen molar-refractivity contribution in [2.45, 2.75) is 0 Å². The molecule has 0 fully saturated rings. The lowest BCUT2D eigenvalue weighted by Crippen LogP contribution is -1.94. The number of nitrogens with zero attached hydrogens (tertiary/aromatic N) is 2. The fourth-order valence-electron chi connectivity index (χ4n) is 0.748. The second-order valence-corrected chi connectivity index (χ2v) is 2.18.